The van der Waals surface area contributed by atoms with Crippen LogP contribution in [0, 0.1) is 6.92 Å². The molecule has 0 bridgehead atoms. The lowest BCUT2D eigenvalue weighted by Crippen LogP contribution is -2.28. The van der Waals surface area contributed by atoms with E-state index < -0.39 is 17.7 Å². The molecule has 2 aromatic heterocycles. The van der Waals surface area contributed by atoms with E-state index in [2.05, 4.69) is 0 Å². The van der Waals surface area contributed by atoms with Gasteiger partial charge in [-0.25, -0.2) is 0 Å². The molecule has 4 rings (SSSR count). The Labute approximate surface area is 166 Å². The Morgan fingerprint density at radius 1 is 1.17 bits per heavy atom. The topological polar surface area (TPSA) is 93.1 Å². The van der Waals surface area contributed by atoms with Crippen molar-refractivity contribution in [2.75, 3.05) is 7.11 Å². The Morgan fingerprint density at radius 2 is 2.00 bits per heavy atom. The van der Waals surface area contributed by atoms with Gasteiger partial charge < -0.3 is 23.6 Å². The molecule has 1 aliphatic rings. The highest BCUT2D eigenvalue weighted by molar-refractivity contribution is 6.46. The second-order valence-corrected chi connectivity index (χ2v) is 6.69. The van der Waals surface area contributed by atoms with Crippen molar-refractivity contribution in [2.24, 2.45) is 0 Å². The largest absolute Gasteiger partial charge is 0.507 e. The number of nitrogens with zero attached hydrogens (tertiary/aromatic N) is 1. The summed E-state index contributed by atoms with van der Waals surface area (Å²) in [6, 6.07) is 12.6. The van der Waals surface area contributed by atoms with Gasteiger partial charge in [0.25, 0.3) is 11.7 Å². The molecule has 148 valence electrons. The zero-order chi connectivity index (χ0) is 20.5. The Bertz CT molecular complexity index is 1090. The molecular formula is C22H19NO6. The van der Waals surface area contributed by atoms with Crippen molar-refractivity contribution in [2.45, 2.75) is 19.5 Å². The van der Waals surface area contributed by atoms with E-state index in [9.17, 15) is 14.7 Å². The molecule has 29 heavy (non-hydrogen) atoms. The van der Waals surface area contributed by atoms with Crippen molar-refractivity contribution < 1.29 is 28.3 Å². The summed E-state index contributed by atoms with van der Waals surface area (Å²) in [5.74, 6) is 0.248. The van der Waals surface area contributed by atoms with E-state index in [0.29, 0.717) is 28.6 Å². The number of ether oxygens (including phenoxy) is 1. The lowest BCUT2D eigenvalue weighted by molar-refractivity contribution is -0.140. The van der Waals surface area contributed by atoms with Gasteiger partial charge in [0.05, 0.1) is 25.5 Å². The molecule has 1 aromatic carbocycles. The van der Waals surface area contributed by atoms with Gasteiger partial charge in [0.2, 0.25) is 0 Å². The fraction of sp³-hybridized carbons (Fsp3) is 0.182. The number of likely N-dealkylation sites (tertiary alicyclic amines) is 1. The second-order valence-electron chi connectivity index (χ2n) is 6.69. The number of carbonyl (C=O) groups is 2. The molecule has 1 fully saturated rings. The average molecular weight is 393 g/mol. The van der Waals surface area contributed by atoms with E-state index in [-0.39, 0.29) is 17.9 Å². The maximum absolute atomic E-state index is 12.9. The van der Waals surface area contributed by atoms with Gasteiger partial charge in [-0.3, -0.25) is 9.59 Å². The summed E-state index contributed by atoms with van der Waals surface area (Å²) in [5.41, 5.74) is 0.331. The first-order valence-electron chi connectivity index (χ1n) is 9.01. The number of furan rings is 2. The van der Waals surface area contributed by atoms with Crippen LogP contribution in [0.3, 0.4) is 0 Å². The first-order chi connectivity index (χ1) is 14.0. The molecule has 3 heterocycles. The molecule has 0 radical (unpaired) electrons. The van der Waals surface area contributed by atoms with Crippen LogP contribution in [0.15, 0.2) is 69.2 Å². The molecule has 7 nitrogen and oxygen atoms in total. The highest BCUT2D eigenvalue weighted by Crippen LogP contribution is 2.41. The number of hydrogen-bond donors (Lipinski definition) is 1. The number of aliphatic hydroxyl groups is 1. The van der Waals surface area contributed by atoms with Crippen LogP contribution in [0.25, 0.3) is 5.76 Å². The quantitative estimate of drug-likeness (QED) is 0.402. The number of aliphatic hydroxyl groups excluding tert-OH is 1. The minimum atomic E-state index is -0.875. The Hall–Kier alpha value is -3.74. The first kappa shape index (κ1) is 18.6. The van der Waals surface area contributed by atoms with Crippen LogP contribution in [0.2, 0.25) is 0 Å². The van der Waals surface area contributed by atoms with Gasteiger partial charge in [-0.05, 0) is 43.3 Å². The Kier molecular flexibility index (Phi) is 4.72. The van der Waals surface area contributed by atoms with Gasteiger partial charge in [-0.2, -0.15) is 0 Å². The van der Waals surface area contributed by atoms with E-state index in [1.165, 1.54) is 18.3 Å². The minimum absolute atomic E-state index is 0.0378. The summed E-state index contributed by atoms with van der Waals surface area (Å²) in [5, 5.41) is 11.0. The molecule has 0 saturated carbocycles. The van der Waals surface area contributed by atoms with Gasteiger partial charge in [0.15, 0.2) is 0 Å². The van der Waals surface area contributed by atoms with Crippen LogP contribution in [0.5, 0.6) is 5.75 Å². The summed E-state index contributed by atoms with van der Waals surface area (Å²) >= 11 is 0. The number of amides is 1. The number of methoxy groups -OCH3 is 1. The van der Waals surface area contributed by atoms with Crippen LogP contribution in [-0.4, -0.2) is 28.8 Å². The van der Waals surface area contributed by atoms with Crippen molar-refractivity contribution in [1.82, 2.24) is 4.90 Å². The summed E-state index contributed by atoms with van der Waals surface area (Å²) in [7, 11) is 1.51. The number of hydrogen-bond acceptors (Lipinski definition) is 6. The highest BCUT2D eigenvalue weighted by atomic mass is 16.5. The third-order valence-corrected chi connectivity index (χ3v) is 4.82. The third-order valence-electron chi connectivity index (χ3n) is 4.82. The SMILES string of the molecule is COc1cccc(/C(O)=C2\C(=O)C(=O)N(Cc3ccco3)C2c2ccc(C)o2)c1. The van der Waals surface area contributed by atoms with Gasteiger partial charge >= 0.3 is 0 Å². The lowest BCUT2D eigenvalue weighted by atomic mass is 9.99. The molecule has 0 spiro atoms. The molecule has 1 N–H and O–H groups in total. The minimum Gasteiger partial charge on any atom is -0.507 e. The average Bonchev–Trinajstić information content (AvgIpc) is 3.45. The maximum atomic E-state index is 12.9. The van der Waals surface area contributed by atoms with Crippen molar-refractivity contribution in [3.8, 4) is 5.75 Å². The molecular weight excluding hydrogens is 374 g/mol. The highest BCUT2D eigenvalue weighted by Gasteiger charge is 2.47. The Balaban J connectivity index is 1.86. The number of ketones is 1. The molecule has 1 amide bonds. The van der Waals surface area contributed by atoms with Crippen LogP contribution in [0.1, 0.15) is 28.9 Å². The lowest BCUT2D eigenvalue weighted by Gasteiger charge is -2.22. The maximum Gasteiger partial charge on any atom is 0.296 e. The summed E-state index contributed by atoms with van der Waals surface area (Å²) in [4.78, 5) is 27.0. The smallest absolute Gasteiger partial charge is 0.296 e. The number of carbonyl (C=O) groups excluding carboxylic acids is 2. The summed E-state index contributed by atoms with van der Waals surface area (Å²) < 4.78 is 16.3. The first-order valence-corrected chi connectivity index (χ1v) is 9.01. The fourth-order valence-electron chi connectivity index (χ4n) is 3.44. The molecule has 3 aromatic rings. The molecule has 7 heteroatoms. The summed E-state index contributed by atoms with van der Waals surface area (Å²) in [6.07, 6.45) is 1.49. The number of Topliss-reactive ketones (excluding diaryl/α,β-unsaturated/α-hetero) is 1. The number of benzene rings is 1. The molecule has 1 atom stereocenters. The van der Waals surface area contributed by atoms with Crippen molar-refractivity contribution in [3.63, 3.8) is 0 Å². The van der Waals surface area contributed by atoms with Gasteiger partial charge in [0.1, 0.15) is 34.8 Å². The van der Waals surface area contributed by atoms with Crippen molar-refractivity contribution in [3.05, 3.63) is 83.2 Å². The normalized spacial score (nSPS) is 18.4. The summed E-state index contributed by atoms with van der Waals surface area (Å²) in [6.45, 7) is 1.83. The van der Waals surface area contributed by atoms with E-state index in [4.69, 9.17) is 13.6 Å². The second kappa shape index (κ2) is 7.35. The third kappa shape index (κ3) is 3.31. The molecule has 0 aliphatic carbocycles. The fourth-order valence-corrected chi connectivity index (χ4v) is 3.44. The van der Waals surface area contributed by atoms with Crippen molar-refractivity contribution >= 4 is 17.4 Å². The van der Waals surface area contributed by atoms with Gasteiger partial charge in [0, 0.05) is 5.56 Å². The van der Waals surface area contributed by atoms with Gasteiger partial charge in [-0.1, -0.05) is 12.1 Å². The van der Waals surface area contributed by atoms with Crippen molar-refractivity contribution in [1.29, 1.82) is 0 Å². The monoisotopic (exact) mass is 393 g/mol. The van der Waals surface area contributed by atoms with E-state index in [1.54, 1.807) is 55.5 Å². The van der Waals surface area contributed by atoms with E-state index in [1.807, 2.05) is 0 Å². The molecule has 1 saturated heterocycles. The van der Waals surface area contributed by atoms with Crippen LogP contribution in [0.4, 0.5) is 0 Å². The molecule has 1 aliphatic heterocycles. The van der Waals surface area contributed by atoms with Crippen LogP contribution < -0.4 is 4.74 Å². The zero-order valence-corrected chi connectivity index (χ0v) is 15.9. The van der Waals surface area contributed by atoms with Crippen LogP contribution >= 0.6 is 0 Å². The predicted octanol–water partition coefficient (Wildman–Crippen LogP) is 3.81. The standard InChI is InChI=1S/C22H19NO6/c1-13-8-9-17(29-13)19-18(20(24)14-5-3-6-15(11-14)27-2)21(25)22(26)23(19)12-16-7-4-10-28-16/h3-11,19,24H,12H2,1-2H3/b20-18+. The van der Waals surface area contributed by atoms with Crippen LogP contribution in [-0.2, 0) is 16.1 Å². The predicted molar refractivity (Wildman–Crippen MR) is 103 cm³/mol. The number of rotatable bonds is 5. The van der Waals surface area contributed by atoms with E-state index >= 15 is 0 Å². The Morgan fingerprint density at radius 3 is 2.66 bits per heavy atom. The van der Waals surface area contributed by atoms with Gasteiger partial charge in [-0.15, -0.1) is 0 Å². The number of aryl methyl sites for hydroxylation is 1. The zero-order valence-electron chi connectivity index (χ0n) is 15.9. The molecule has 1 unspecified atom stereocenters. The van der Waals surface area contributed by atoms with E-state index in [0.717, 1.165) is 0 Å².